The lowest BCUT2D eigenvalue weighted by atomic mass is 10.0. The van der Waals surface area contributed by atoms with Crippen LogP contribution in [0, 0.1) is 11.8 Å². The lowest BCUT2D eigenvalue weighted by molar-refractivity contribution is -0.136. The van der Waals surface area contributed by atoms with Gasteiger partial charge in [-0.2, -0.15) is 0 Å². The van der Waals surface area contributed by atoms with Gasteiger partial charge in [-0.05, 0) is 88.2 Å². The third-order valence-electron chi connectivity index (χ3n) is 10.1. The number of hydrogen-bond acceptors (Lipinski definition) is 7. The van der Waals surface area contributed by atoms with Crippen LogP contribution in [-0.2, 0) is 20.7 Å². The number of amides is 3. The standard InChI is InChI=1S/C40H43N7O4/c1-25(41-40(50)51-4)38(48)47-21-9-13-35(47)37-43-30-19-17-27(23-32(30)44-37)15-14-26-16-18-29-24-33(42-31(29)22-26)34-12-8-20-46(34)39(49)36(45(2)3)28-10-6-5-7-11-28/h5-7,10-11,16-19,22-23,25,34-36H,8-9,12-13,20-21,24H2,1-4H3,(H,41,50)(H,43,44)/t25-,34-,35-,36?/m0/s1. The van der Waals surface area contributed by atoms with Crippen LogP contribution in [0.2, 0.25) is 0 Å². The number of rotatable bonds is 7. The highest BCUT2D eigenvalue weighted by Crippen LogP contribution is 2.35. The van der Waals surface area contributed by atoms with Gasteiger partial charge in [-0.3, -0.25) is 19.5 Å². The fourth-order valence-electron chi connectivity index (χ4n) is 7.57. The summed E-state index contributed by atoms with van der Waals surface area (Å²) < 4.78 is 4.65. The summed E-state index contributed by atoms with van der Waals surface area (Å²) >= 11 is 0. The van der Waals surface area contributed by atoms with Crippen molar-refractivity contribution in [2.24, 2.45) is 4.99 Å². The Morgan fingerprint density at radius 1 is 0.922 bits per heavy atom. The van der Waals surface area contributed by atoms with E-state index in [0.29, 0.717) is 6.54 Å². The van der Waals surface area contributed by atoms with Gasteiger partial charge in [0.15, 0.2) is 0 Å². The SMILES string of the molecule is COC(=O)N[C@@H](C)C(=O)N1CCC[C@H]1c1nc2cc(C#Cc3ccc4c(c3)N=C([C@@H]3CCCN3C(=O)C(c3ccccc3)N(C)C)C4)ccc2[nH]1. The molecule has 3 amide bonds. The lowest BCUT2D eigenvalue weighted by Gasteiger charge is -2.32. The maximum absolute atomic E-state index is 13.9. The molecular formula is C40H43N7O4. The smallest absolute Gasteiger partial charge is 0.407 e. The van der Waals surface area contributed by atoms with E-state index in [4.69, 9.17) is 9.98 Å². The van der Waals surface area contributed by atoms with Gasteiger partial charge in [0.25, 0.3) is 0 Å². The molecule has 4 aromatic rings. The molecule has 3 aromatic carbocycles. The molecule has 0 spiro atoms. The first-order chi connectivity index (χ1) is 24.7. The summed E-state index contributed by atoms with van der Waals surface area (Å²) in [5.74, 6) is 7.27. The first-order valence-electron chi connectivity index (χ1n) is 17.6. The van der Waals surface area contributed by atoms with Crippen molar-refractivity contribution in [1.29, 1.82) is 0 Å². The summed E-state index contributed by atoms with van der Waals surface area (Å²) in [5.41, 5.74) is 7.46. The predicted octanol–water partition coefficient (Wildman–Crippen LogP) is 5.29. The molecule has 2 saturated heterocycles. The number of likely N-dealkylation sites (tertiary alicyclic amines) is 2. The maximum atomic E-state index is 13.9. The average Bonchev–Trinajstić information content (AvgIpc) is 3.95. The fourth-order valence-corrected chi connectivity index (χ4v) is 7.57. The Labute approximate surface area is 298 Å². The van der Waals surface area contributed by atoms with Crippen molar-refractivity contribution in [3.8, 4) is 11.8 Å². The molecule has 3 aliphatic rings. The quantitative estimate of drug-likeness (QED) is 0.255. The highest BCUT2D eigenvalue weighted by molar-refractivity contribution is 6.01. The Bertz CT molecular complexity index is 2060. The van der Waals surface area contributed by atoms with Crippen molar-refractivity contribution in [2.75, 3.05) is 34.3 Å². The molecule has 11 heteroatoms. The van der Waals surface area contributed by atoms with Gasteiger partial charge in [0.1, 0.15) is 17.9 Å². The first kappa shape index (κ1) is 34.0. The molecule has 262 valence electrons. The van der Waals surface area contributed by atoms with Gasteiger partial charge in [-0.25, -0.2) is 9.78 Å². The number of nitrogens with zero attached hydrogens (tertiary/aromatic N) is 5. The molecular weight excluding hydrogens is 642 g/mol. The zero-order valence-electron chi connectivity index (χ0n) is 29.5. The van der Waals surface area contributed by atoms with Crippen molar-refractivity contribution < 1.29 is 19.1 Å². The van der Waals surface area contributed by atoms with Gasteiger partial charge in [-0.1, -0.05) is 48.2 Å². The molecule has 3 aliphatic heterocycles. The zero-order valence-corrected chi connectivity index (χ0v) is 29.5. The van der Waals surface area contributed by atoms with E-state index in [1.165, 1.54) is 7.11 Å². The van der Waals surface area contributed by atoms with Crippen LogP contribution in [0.5, 0.6) is 0 Å². The predicted molar refractivity (Wildman–Crippen MR) is 196 cm³/mol. The van der Waals surface area contributed by atoms with Crippen LogP contribution in [0.25, 0.3) is 11.0 Å². The fraction of sp³-hybridized carbons (Fsp3) is 0.375. The van der Waals surface area contributed by atoms with Crippen LogP contribution < -0.4 is 5.32 Å². The first-order valence-corrected chi connectivity index (χ1v) is 17.6. The van der Waals surface area contributed by atoms with Crippen LogP contribution in [0.15, 0.2) is 71.7 Å². The van der Waals surface area contributed by atoms with E-state index in [9.17, 15) is 14.4 Å². The number of ether oxygens (including phenoxy) is 1. The number of fused-ring (bicyclic) bond motifs is 2. The Hall–Kier alpha value is -5.47. The number of methoxy groups -OCH3 is 1. The molecule has 0 radical (unpaired) electrons. The number of carbonyl (C=O) groups excluding carboxylic acids is 3. The van der Waals surface area contributed by atoms with Crippen molar-refractivity contribution in [3.05, 3.63) is 94.8 Å². The van der Waals surface area contributed by atoms with Crippen LogP contribution >= 0.6 is 0 Å². The van der Waals surface area contributed by atoms with Crippen molar-refractivity contribution in [2.45, 2.75) is 63.2 Å². The minimum Gasteiger partial charge on any atom is -0.453 e. The molecule has 11 nitrogen and oxygen atoms in total. The molecule has 1 unspecified atom stereocenters. The van der Waals surface area contributed by atoms with E-state index < -0.39 is 12.1 Å². The second-order valence-corrected chi connectivity index (χ2v) is 13.7. The number of aliphatic imine (C=N–C) groups is 1. The largest absolute Gasteiger partial charge is 0.453 e. The van der Waals surface area contributed by atoms with E-state index in [1.54, 1.807) is 11.8 Å². The van der Waals surface area contributed by atoms with E-state index >= 15 is 0 Å². The minimum atomic E-state index is -0.705. The van der Waals surface area contributed by atoms with Gasteiger partial charge in [0.05, 0.1) is 35.9 Å². The molecule has 4 heterocycles. The third-order valence-corrected chi connectivity index (χ3v) is 10.1. The van der Waals surface area contributed by atoms with Gasteiger partial charge >= 0.3 is 6.09 Å². The average molecular weight is 686 g/mol. The van der Waals surface area contributed by atoms with Gasteiger partial charge < -0.3 is 24.8 Å². The summed E-state index contributed by atoms with van der Waals surface area (Å²) in [7, 11) is 5.19. The molecule has 0 saturated carbocycles. The topological polar surface area (TPSA) is 123 Å². The number of alkyl carbamates (subject to hydrolysis) is 1. The van der Waals surface area contributed by atoms with Crippen LogP contribution in [-0.4, -0.2) is 94.7 Å². The number of benzene rings is 3. The number of aromatic amines is 1. The Balaban J connectivity index is 1.05. The summed E-state index contributed by atoms with van der Waals surface area (Å²) in [6.45, 7) is 2.99. The van der Waals surface area contributed by atoms with Crippen LogP contribution in [0.4, 0.5) is 10.5 Å². The monoisotopic (exact) mass is 685 g/mol. The van der Waals surface area contributed by atoms with Crippen molar-refractivity contribution in [1.82, 2.24) is 30.0 Å². The van der Waals surface area contributed by atoms with Crippen LogP contribution in [0.1, 0.15) is 72.8 Å². The summed E-state index contributed by atoms with van der Waals surface area (Å²) in [4.78, 5) is 57.8. The summed E-state index contributed by atoms with van der Waals surface area (Å²) in [5, 5.41) is 2.57. The number of hydrogen-bond donors (Lipinski definition) is 2. The van der Waals surface area contributed by atoms with Gasteiger partial charge in [0.2, 0.25) is 11.8 Å². The van der Waals surface area contributed by atoms with Gasteiger partial charge in [0, 0.05) is 36.3 Å². The summed E-state index contributed by atoms with van der Waals surface area (Å²) in [6.07, 6.45) is 3.61. The Kier molecular flexibility index (Phi) is 9.60. The lowest BCUT2D eigenvalue weighted by Crippen LogP contribution is -2.46. The van der Waals surface area contributed by atoms with E-state index in [0.717, 1.165) is 89.2 Å². The second kappa shape index (κ2) is 14.4. The highest BCUT2D eigenvalue weighted by Gasteiger charge is 2.39. The minimum absolute atomic E-state index is 0.00887. The van der Waals surface area contributed by atoms with Crippen molar-refractivity contribution >= 4 is 40.3 Å². The molecule has 0 aliphatic carbocycles. The van der Waals surface area contributed by atoms with Gasteiger partial charge in [-0.15, -0.1) is 0 Å². The number of aromatic nitrogens is 2. The molecule has 2 N–H and O–H groups in total. The van der Waals surface area contributed by atoms with E-state index in [2.05, 4.69) is 32.9 Å². The highest BCUT2D eigenvalue weighted by atomic mass is 16.5. The summed E-state index contributed by atoms with van der Waals surface area (Å²) in [6, 6.07) is 20.8. The number of nitrogens with one attached hydrogen (secondary N) is 2. The van der Waals surface area contributed by atoms with E-state index in [-0.39, 0.29) is 29.9 Å². The maximum Gasteiger partial charge on any atom is 0.407 e. The number of imidazole rings is 1. The number of likely N-dealkylation sites (N-methyl/N-ethyl adjacent to an activating group) is 1. The molecule has 0 bridgehead atoms. The molecule has 4 atom stereocenters. The van der Waals surface area contributed by atoms with Crippen LogP contribution in [0.3, 0.4) is 0 Å². The second-order valence-electron chi connectivity index (χ2n) is 13.7. The van der Waals surface area contributed by atoms with E-state index in [1.807, 2.05) is 84.6 Å². The molecule has 1 aromatic heterocycles. The zero-order chi connectivity index (χ0) is 35.6. The molecule has 51 heavy (non-hydrogen) atoms. The third kappa shape index (κ3) is 6.97. The molecule has 2 fully saturated rings. The number of H-pyrrole nitrogens is 1. The Morgan fingerprint density at radius 3 is 2.33 bits per heavy atom. The normalized spacial score (nSPS) is 19.4. The number of carbonyl (C=O) groups is 3. The Morgan fingerprint density at radius 2 is 1.61 bits per heavy atom. The van der Waals surface area contributed by atoms with Crippen molar-refractivity contribution in [3.63, 3.8) is 0 Å². The molecule has 7 rings (SSSR count).